The van der Waals surface area contributed by atoms with E-state index in [1.165, 1.54) is 16.9 Å². The standard InChI is InChI=1S/C27H28ClF3N6O3/c1-16-23(28)24(37(39)40)34-36(16)26-9-18-5-19(10-26)8-25(7-18,15-26)11-22(38)33-21-12-32-35(14-21)13-17-3-2-4-20(6-17)27(29,30)31/h2-4,6,12,14,18-19H,5,7-11,13,15H2,1H3,(H,33,38). The number of nitrogens with one attached hydrogen (secondary N) is 1. The molecule has 1 aromatic carbocycles. The van der Waals surface area contributed by atoms with Gasteiger partial charge in [-0.15, -0.1) is 0 Å². The number of carbonyl (C=O) groups excluding carboxylic acids is 1. The van der Waals surface area contributed by atoms with Gasteiger partial charge in [-0.3, -0.25) is 9.48 Å². The molecular weight excluding hydrogens is 549 g/mol. The first-order valence-electron chi connectivity index (χ1n) is 13.2. The summed E-state index contributed by atoms with van der Waals surface area (Å²) in [5, 5.41) is 23.0. The largest absolute Gasteiger partial charge is 0.416 e. The second-order valence-electron chi connectivity index (χ2n) is 11.9. The van der Waals surface area contributed by atoms with E-state index in [1.54, 1.807) is 23.9 Å². The van der Waals surface area contributed by atoms with Crippen molar-refractivity contribution in [1.29, 1.82) is 0 Å². The van der Waals surface area contributed by atoms with Crippen molar-refractivity contribution in [2.45, 2.75) is 70.1 Å². The minimum absolute atomic E-state index is 0.0645. The zero-order valence-corrected chi connectivity index (χ0v) is 22.5. The number of hydrogen-bond acceptors (Lipinski definition) is 5. The van der Waals surface area contributed by atoms with Crippen LogP contribution in [-0.2, 0) is 23.1 Å². The molecule has 0 spiro atoms. The fraction of sp³-hybridized carbons (Fsp3) is 0.519. The van der Waals surface area contributed by atoms with Crippen molar-refractivity contribution in [3.05, 3.63) is 68.6 Å². The number of benzene rings is 1. The van der Waals surface area contributed by atoms with E-state index in [0.29, 0.717) is 41.6 Å². The third-order valence-corrected chi connectivity index (χ3v) is 9.29. The van der Waals surface area contributed by atoms with Gasteiger partial charge in [0.1, 0.15) is 0 Å². The number of nitrogens with zero attached hydrogens (tertiary/aromatic N) is 5. The van der Waals surface area contributed by atoms with Crippen LogP contribution in [-0.4, -0.2) is 30.4 Å². The van der Waals surface area contributed by atoms with E-state index in [-0.39, 0.29) is 28.7 Å². The topological polar surface area (TPSA) is 108 Å². The molecule has 2 atom stereocenters. The molecule has 3 aromatic rings. The Balaban J connectivity index is 1.16. The highest BCUT2D eigenvalue weighted by Crippen LogP contribution is 2.65. The summed E-state index contributed by atoms with van der Waals surface area (Å²) in [7, 11) is 0. The lowest BCUT2D eigenvalue weighted by Crippen LogP contribution is -2.57. The highest BCUT2D eigenvalue weighted by Gasteiger charge is 2.60. The lowest BCUT2D eigenvalue weighted by molar-refractivity contribution is -0.389. The first-order chi connectivity index (χ1) is 18.8. The zero-order valence-electron chi connectivity index (χ0n) is 21.7. The molecule has 9 nitrogen and oxygen atoms in total. The van der Waals surface area contributed by atoms with E-state index in [2.05, 4.69) is 15.5 Å². The lowest BCUT2D eigenvalue weighted by Gasteiger charge is -2.61. The number of anilines is 1. The van der Waals surface area contributed by atoms with Crippen LogP contribution >= 0.6 is 11.6 Å². The predicted molar refractivity (Wildman–Crippen MR) is 140 cm³/mol. The number of alkyl halides is 3. The molecule has 212 valence electrons. The highest BCUT2D eigenvalue weighted by atomic mass is 35.5. The molecular formula is C27H28ClF3N6O3. The molecule has 2 heterocycles. The van der Waals surface area contributed by atoms with Crippen molar-refractivity contribution in [2.24, 2.45) is 17.3 Å². The van der Waals surface area contributed by atoms with Gasteiger partial charge in [0.25, 0.3) is 0 Å². The van der Waals surface area contributed by atoms with Crippen molar-refractivity contribution in [1.82, 2.24) is 19.6 Å². The zero-order chi connectivity index (χ0) is 28.4. The van der Waals surface area contributed by atoms with E-state index >= 15 is 0 Å². The maximum atomic E-state index is 13.3. The summed E-state index contributed by atoms with van der Waals surface area (Å²) in [5.74, 6) is 0.331. The first kappa shape index (κ1) is 26.8. The van der Waals surface area contributed by atoms with Crippen molar-refractivity contribution >= 4 is 29.0 Å². The molecule has 40 heavy (non-hydrogen) atoms. The van der Waals surface area contributed by atoms with Gasteiger partial charge in [-0.25, -0.2) is 0 Å². The summed E-state index contributed by atoms with van der Waals surface area (Å²) in [4.78, 5) is 24.2. The van der Waals surface area contributed by atoms with Gasteiger partial charge in [-0.05, 0) is 85.3 Å². The molecule has 0 saturated heterocycles. The Bertz CT molecular complexity index is 1480. The molecule has 13 heteroatoms. The van der Waals surface area contributed by atoms with Crippen molar-refractivity contribution in [2.75, 3.05) is 5.32 Å². The first-order valence-corrected chi connectivity index (χ1v) is 13.6. The van der Waals surface area contributed by atoms with Crippen LogP contribution in [0.1, 0.15) is 61.8 Å². The molecule has 4 saturated carbocycles. The van der Waals surface area contributed by atoms with Crippen molar-refractivity contribution < 1.29 is 22.9 Å². The molecule has 0 radical (unpaired) electrons. The number of halogens is 4. The van der Waals surface area contributed by atoms with Crippen molar-refractivity contribution in [3.63, 3.8) is 0 Å². The SMILES string of the molecule is Cc1c(Cl)c([N+](=O)[O-])nn1C12CC3CC(CC(CC(=O)Nc4cnn(Cc5cccc(C(F)(F)F)c5)c4)(C3)C1)C2. The van der Waals surface area contributed by atoms with Gasteiger partial charge < -0.3 is 15.4 Å². The lowest BCUT2D eigenvalue weighted by atomic mass is 9.46. The van der Waals surface area contributed by atoms with Gasteiger partial charge in [0.05, 0.1) is 40.3 Å². The quantitative estimate of drug-likeness (QED) is 0.261. The van der Waals surface area contributed by atoms with Crippen LogP contribution in [0.2, 0.25) is 5.02 Å². The van der Waals surface area contributed by atoms with Crippen LogP contribution in [0.4, 0.5) is 24.7 Å². The molecule has 7 rings (SSSR count). The minimum atomic E-state index is -4.42. The Labute approximate surface area is 232 Å². The van der Waals surface area contributed by atoms with Crippen LogP contribution in [0.25, 0.3) is 0 Å². The number of aromatic nitrogens is 4. The normalized spacial score (nSPS) is 27.2. The van der Waals surface area contributed by atoms with Gasteiger partial charge in [-0.1, -0.05) is 23.7 Å². The third kappa shape index (κ3) is 4.76. The van der Waals surface area contributed by atoms with Crippen LogP contribution in [0, 0.1) is 34.3 Å². The highest BCUT2D eigenvalue weighted by molar-refractivity contribution is 6.33. The maximum absolute atomic E-state index is 13.3. The Morgan fingerprint density at radius 1 is 1.25 bits per heavy atom. The molecule has 4 bridgehead atoms. The second kappa shape index (κ2) is 9.32. The second-order valence-corrected chi connectivity index (χ2v) is 12.3. The van der Waals surface area contributed by atoms with Crippen LogP contribution in [0.5, 0.6) is 0 Å². The average molecular weight is 577 g/mol. The Morgan fingerprint density at radius 2 is 1.98 bits per heavy atom. The van der Waals surface area contributed by atoms with E-state index < -0.39 is 22.2 Å². The van der Waals surface area contributed by atoms with Crippen molar-refractivity contribution in [3.8, 4) is 0 Å². The van der Waals surface area contributed by atoms with E-state index in [1.807, 2.05) is 0 Å². The summed E-state index contributed by atoms with van der Waals surface area (Å²) in [5.41, 5.74) is 0.138. The minimum Gasteiger partial charge on any atom is -0.358 e. The van der Waals surface area contributed by atoms with Gasteiger partial charge >= 0.3 is 12.0 Å². The van der Waals surface area contributed by atoms with Gasteiger partial charge in [0.2, 0.25) is 5.91 Å². The third-order valence-electron chi connectivity index (χ3n) is 8.85. The number of hydrogen-bond donors (Lipinski definition) is 1. The maximum Gasteiger partial charge on any atom is 0.416 e. The Hall–Kier alpha value is -3.41. The van der Waals surface area contributed by atoms with Crippen LogP contribution < -0.4 is 5.32 Å². The van der Waals surface area contributed by atoms with Crippen LogP contribution in [0.3, 0.4) is 0 Å². The predicted octanol–water partition coefficient (Wildman–Crippen LogP) is 6.34. The summed E-state index contributed by atoms with van der Waals surface area (Å²) in [6.45, 7) is 1.89. The Morgan fingerprint density at radius 3 is 2.62 bits per heavy atom. The van der Waals surface area contributed by atoms with Gasteiger partial charge in [0.15, 0.2) is 5.02 Å². The molecule has 2 aromatic heterocycles. The fourth-order valence-corrected chi connectivity index (χ4v) is 8.18. The molecule has 4 aliphatic rings. The van der Waals surface area contributed by atoms with Crippen LogP contribution in [0.15, 0.2) is 36.7 Å². The summed E-state index contributed by atoms with van der Waals surface area (Å²) in [6.07, 6.45) is 4.33. The smallest absolute Gasteiger partial charge is 0.358 e. The summed E-state index contributed by atoms with van der Waals surface area (Å²) in [6, 6.07) is 5.07. The molecule has 2 unspecified atom stereocenters. The Kier molecular flexibility index (Phi) is 6.24. The van der Waals surface area contributed by atoms with E-state index in [0.717, 1.165) is 44.2 Å². The van der Waals surface area contributed by atoms with Gasteiger partial charge in [-0.2, -0.15) is 23.0 Å². The number of rotatable bonds is 7. The summed E-state index contributed by atoms with van der Waals surface area (Å²) >= 11 is 6.29. The fourth-order valence-electron chi connectivity index (χ4n) is 8.00. The van der Waals surface area contributed by atoms with Gasteiger partial charge in [0, 0.05) is 12.6 Å². The molecule has 4 aliphatic carbocycles. The molecule has 0 aliphatic heterocycles. The number of nitro groups is 1. The van der Waals surface area contributed by atoms with E-state index in [4.69, 9.17) is 11.6 Å². The number of carbonyl (C=O) groups is 1. The monoisotopic (exact) mass is 576 g/mol. The summed E-state index contributed by atoms with van der Waals surface area (Å²) < 4.78 is 42.4. The molecule has 1 amide bonds. The number of amides is 1. The molecule has 4 fully saturated rings. The average Bonchev–Trinajstić information content (AvgIpc) is 3.41. The molecule has 1 N–H and O–H groups in total. The van der Waals surface area contributed by atoms with E-state index in [9.17, 15) is 28.1 Å².